The number of thiol groups is 1. The highest BCUT2D eigenvalue weighted by Crippen LogP contribution is 2.36. The van der Waals surface area contributed by atoms with E-state index in [0.29, 0.717) is 0 Å². The highest BCUT2D eigenvalue weighted by Gasteiger charge is 2.34. The lowest BCUT2D eigenvalue weighted by atomic mass is 10.1. The fourth-order valence-corrected chi connectivity index (χ4v) is 1.37. The molecule has 0 aliphatic heterocycles. The molecular formula is C7H4N2O6S. The minimum atomic E-state index is -1.61. The molecule has 1 aromatic rings. The lowest BCUT2D eigenvalue weighted by Crippen LogP contribution is -2.06. The van der Waals surface area contributed by atoms with Crippen molar-refractivity contribution >= 4 is 30.0 Å². The van der Waals surface area contributed by atoms with Crippen LogP contribution in [0.15, 0.2) is 17.0 Å². The van der Waals surface area contributed by atoms with Crippen LogP contribution in [0.1, 0.15) is 10.4 Å². The van der Waals surface area contributed by atoms with Crippen LogP contribution in [0, 0.1) is 20.2 Å². The van der Waals surface area contributed by atoms with E-state index in [1.807, 2.05) is 0 Å². The molecule has 84 valence electrons. The Balaban J connectivity index is 3.70. The van der Waals surface area contributed by atoms with Crippen LogP contribution in [0.5, 0.6) is 0 Å². The predicted molar refractivity (Wildman–Crippen MR) is 54.0 cm³/mol. The zero-order valence-corrected chi connectivity index (χ0v) is 8.38. The SMILES string of the molecule is O=C(O)c1ccc(S)c([N+](=O)[O-])c1[N+](=O)[O-]. The topological polar surface area (TPSA) is 124 Å². The van der Waals surface area contributed by atoms with Crippen LogP contribution in [-0.4, -0.2) is 20.9 Å². The molecule has 0 aliphatic carbocycles. The quantitative estimate of drug-likeness (QED) is 0.471. The molecule has 0 atom stereocenters. The Kier molecular flexibility index (Phi) is 3.09. The van der Waals surface area contributed by atoms with Gasteiger partial charge in [0, 0.05) is 0 Å². The van der Waals surface area contributed by atoms with E-state index in [-0.39, 0.29) is 4.90 Å². The minimum absolute atomic E-state index is 0.262. The average molecular weight is 244 g/mol. The molecule has 0 saturated heterocycles. The van der Waals surface area contributed by atoms with Gasteiger partial charge in [0.05, 0.1) is 14.7 Å². The van der Waals surface area contributed by atoms with E-state index in [9.17, 15) is 25.0 Å². The Morgan fingerprint density at radius 3 is 2.06 bits per heavy atom. The van der Waals surface area contributed by atoms with E-state index in [1.165, 1.54) is 0 Å². The number of carboxylic acids is 1. The standard InChI is InChI=1S/C7H4N2O6S/c10-7(11)3-1-2-4(16)6(9(14)15)5(3)8(12)13/h1-2,16H,(H,10,11). The van der Waals surface area contributed by atoms with E-state index in [1.54, 1.807) is 0 Å². The predicted octanol–water partition coefficient (Wildman–Crippen LogP) is 1.49. The molecule has 1 rings (SSSR count). The van der Waals surface area contributed by atoms with E-state index >= 15 is 0 Å². The van der Waals surface area contributed by atoms with Gasteiger partial charge in [0.25, 0.3) is 0 Å². The van der Waals surface area contributed by atoms with E-state index in [0.717, 1.165) is 12.1 Å². The highest BCUT2D eigenvalue weighted by atomic mass is 32.1. The van der Waals surface area contributed by atoms with E-state index in [2.05, 4.69) is 12.6 Å². The summed E-state index contributed by atoms with van der Waals surface area (Å²) in [7, 11) is 0. The number of nitro benzene ring substituents is 2. The molecule has 0 fully saturated rings. The molecule has 0 saturated carbocycles. The van der Waals surface area contributed by atoms with Crippen molar-refractivity contribution in [2.45, 2.75) is 4.90 Å². The Hall–Kier alpha value is -2.16. The number of hydrogen-bond donors (Lipinski definition) is 2. The maximum absolute atomic E-state index is 10.7. The molecule has 0 heterocycles. The molecule has 0 aliphatic rings. The smallest absolute Gasteiger partial charge is 0.361 e. The average Bonchev–Trinajstić information content (AvgIpc) is 2.15. The summed E-state index contributed by atoms with van der Waals surface area (Å²) in [5.74, 6) is -1.61. The van der Waals surface area contributed by atoms with Crippen LogP contribution in [0.4, 0.5) is 11.4 Å². The molecule has 0 amide bonds. The molecule has 0 radical (unpaired) electrons. The van der Waals surface area contributed by atoms with Gasteiger partial charge in [-0.15, -0.1) is 12.6 Å². The van der Waals surface area contributed by atoms with Crippen LogP contribution >= 0.6 is 12.6 Å². The van der Waals surface area contributed by atoms with Crippen molar-refractivity contribution in [3.63, 3.8) is 0 Å². The number of carboxylic acid groups (broad SMARTS) is 1. The lowest BCUT2D eigenvalue weighted by Gasteiger charge is -2.00. The molecule has 0 spiro atoms. The van der Waals surface area contributed by atoms with Crippen molar-refractivity contribution < 1.29 is 19.7 Å². The number of rotatable bonds is 3. The lowest BCUT2D eigenvalue weighted by molar-refractivity contribution is -0.424. The van der Waals surface area contributed by atoms with Crippen LogP contribution in [0.25, 0.3) is 0 Å². The van der Waals surface area contributed by atoms with Gasteiger partial charge in [-0.1, -0.05) is 0 Å². The Labute approximate surface area is 93.2 Å². The molecule has 0 bridgehead atoms. The van der Waals surface area contributed by atoms with Crippen LogP contribution < -0.4 is 0 Å². The first-order valence-corrected chi connectivity index (χ1v) is 4.19. The molecule has 9 heteroatoms. The molecule has 1 N–H and O–H groups in total. The molecule has 0 unspecified atom stereocenters. The maximum atomic E-state index is 10.7. The third-order valence-corrected chi connectivity index (χ3v) is 2.09. The van der Waals surface area contributed by atoms with Crippen molar-refractivity contribution in [2.24, 2.45) is 0 Å². The van der Waals surface area contributed by atoms with Crippen LogP contribution in [0.3, 0.4) is 0 Å². The number of aromatic carboxylic acids is 1. The van der Waals surface area contributed by atoms with Gasteiger partial charge in [0.1, 0.15) is 5.56 Å². The highest BCUT2D eigenvalue weighted by molar-refractivity contribution is 7.80. The summed E-state index contributed by atoms with van der Waals surface area (Å²) < 4.78 is 0. The molecule has 1 aromatic carbocycles. The van der Waals surface area contributed by atoms with Crippen molar-refractivity contribution in [1.82, 2.24) is 0 Å². The molecular weight excluding hydrogens is 240 g/mol. The van der Waals surface area contributed by atoms with Gasteiger partial charge < -0.3 is 5.11 Å². The first-order chi connectivity index (χ1) is 7.36. The second-order valence-corrected chi connectivity index (χ2v) is 3.13. The fourth-order valence-electron chi connectivity index (χ4n) is 1.11. The van der Waals surface area contributed by atoms with E-state index < -0.39 is 32.8 Å². The minimum Gasteiger partial charge on any atom is -0.477 e. The summed E-state index contributed by atoms with van der Waals surface area (Å²) in [5.41, 5.74) is -2.73. The zero-order chi connectivity index (χ0) is 12.5. The monoisotopic (exact) mass is 244 g/mol. The zero-order valence-electron chi connectivity index (χ0n) is 7.48. The Bertz CT molecular complexity index is 500. The maximum Gasteiger partial charge on any atom is 0.361 e. The second-order valence-electron chi connectivity index (χ2n) is 2.65. The van der Waals surface area contributed by atoms with E-state index in [4.69, 9.17) is 5.11 Å². The normalized spacial score (nSPS) is 9.81. The summed E-state index contributed by atoms with van der Waals surface area (Å²) in [6, 6.07) is 1.92. The molecule has 16 heavy (non-hydrogen) atoms. The van der Waals surface area contributed by atoms with Crippen molar-refractivity contribution in [1.29, 1.82) is 0 Å². The van der Waals surface area contributed by atoms with Gasteiger partial charge in [0.15, 0.2) is 0 Å². The first-order valence-electron chi connectivity index (χ1n) is 3.74. The largest absolute Gasteiger partial charge is 0.477 e. The first kappa shape index (κ1) is 11.9. The summed E-state index contributed by atoms with van der Waals surface area (Å²) in [5, 5.41) is 29.8. The van der Waals surface area contributed by atoms with Gasteiger partial charge >= 0.3 is 17.3 Å². The number of nitrogens with zero attached hydrogens (tertiary/aromatic N) is 2. The Morgan fingerprint density at radius 1 is 1.19 bits per heavy atom. The molecule has 8 nitrogen and oxygen atoms in total. The number of carbonyl (C=O) groups is 1. The number of hydrogen-bond acceptors (Lipinski definition) is 6. The van der Waals surface area contributed by atoms with Gasteiger partial charge in [-0.2, -0.15) is 0 Å². The van der Waals surface area contributed by atoms with Crippen LogP contribution in [-0.2, 0) is 0 Å². The summed E-state index contributed by atoms with van der Waals surface area (Å²) >= 11 is 3.68. The Morgan fingerprint density at radius 2 is 1.69 bits per heavy atom. The van der Waals surface area contributed by atoms with Crippen molar-refractivity contribution in [2.75, 3.05) is 0 Å². The van der Waals surface area contributed by atoms with Crippen molar-refractivity contribution in [3.05, 3.63) is 37.9 Å². The second kappa shape index (κ2) is 4.14. The third kappa shape index (κ3) is 1.93. The van der Waals surface area contributed by atoms with Crippen molar-refractivity contribution in [3.8, 4) is 0 Å². The number of nitro groups is 2. The fraction of sp³-hybridized carbons (Fsp3) is 0. The third-order valence-electron chi connectivity index (χ3n) is 1.73. The van der Waals surface area contributed by atoms with Gasteiger partial charge in [-0.25, -0.2) is 4.79 Å². The summed E-state index contributed by atoms with van der Waals surface area (Å²) in [6.07, 6.45) is 0. The number of benzene rings is 1. The van der Waals surface area contributed by atoms with Gasteiger partial charge in [-0.3, -0.25) is 20.2 Å². The van der Waals surface area contributed by atoms with Gasteiger partial charge in [0.2, 0.25) is 0 Å². The van der Waals surface area contributed by atoms with Gasteiger partial charge in [-0.05, 0) is 12.1 Å². The molecule has 0 aromatic heterocycles. The summed E-state index contributed by atoms with van der Waals surface area (Å²) in [4.78, 5) is 29.4. The van der Waals surface area contributed by atoms with Crippen LogP contribution in [0.2, 0.25) is 0 Å². The summed E-state index contributed by atoms with van der Waals surface area (Å²) in [6.45, 7) is 0.